The number of aromatic nitrogens is 3. The third-order valence-corrected chi connectivity index (χ3v) is 11.2. The Morgan fingerprint density at radius 3 is 1.00 bits per heavy atom. The number of fused-ring (bicyclic) bond motifs is 8. The first kappa shape index (κ1) is 28.4. The number of aromatic amines is 1. The monoisotopic (exact) mass is 679 g/mol. The van der Waals surface area contributed by atoms with Crippen LogP contribution in [0.4, 0.5) is 0 Å². The molecule has 48 heavy (non-hydrogen) atoms. The van der Waals surface area contributed by atoms with Gasteiger partial charge in [-0.1, -0.05) is 0 Å². The van der Waals surface area contributed by atoms with Gasteiger partial charge in [-0.05, 0) is 0 Å². The molecule has 0 saturated carbocycles. The van der Waals surface area contributed by atoms with Crippen LogP contribution in [0.3, 0.4) is 0 Å². The first-order valence-electron chi connectivity index (χ1n) is 16.1. The summed E-state index contributed by atoms with van der Waals surface area (Å²) in [6.45, 7) is 0. The first-order chi connectivity index (χ1) is 23.8. The van der Waals surface area contributed by atoms with Crippen LogP contribution in [-0.2, 0) is 0 Å². The van der Waals surface area contributed by atoms with E-state index in [2.05, 4.69) is 175 Å². The molecule has 0 amide bonds. The fourth-order valence-electron chi connectivity index (χ4n) is 6.71. The van der Waals surface area contributed by atoms with Crippen molar-refractivity contribution in [3.05, 3.63) is 168 Å². The van der Waals surface area contributed by atoms with Gasteiger partial charge in [0.05, 0.1) is 0 Å². The Balaban J connectivity index is 1.49. The Kier molecular flexibility index (Phi) is 7.16. The Morgan fingerprint density at radius 1 is 0.333 bits per heavy atom. The Labute approximate surface area is 285 Å². The van der Waals surface area contributed by atoms with Crippen molar-refractivity contribution < 1.29 is 0 Å². The van der Waals surface area contributed by atoms with Crippen molar-refractivity contribution in [1.29, 1.82) is 0 Å². The average Bonchev–Trinajstić information content (AvgIpc) is 3.98. The molecule has 3 nitrogen and oxygen atoms in total. The van der Waals surface area contributed by atoms with E-state index in [4.69, 9.17) is 9.97 Å². The van der Waals surface area contributed by atoms with Gasteiger partial charge in [-0.15, -0.1) is 0 Å². The molecule has 0 atom stereocenters. The SMILES string of the molecule is C1=Cc2nc1c(-c1ccccc1)c1ccc([nH]1)c(-c1ccccc1)c1nc(c(-c3ccccc3)c3ccc([se]3)c2-c2ccccc2)C=C1. The fraction of sp³-hybridized carbons (Fsp3) is 0. The van der Waals surface area contributed by atoms with Gasteiger partial charge in [-0.3, -0.25) is 0 Å². The van der Waals surface area contributed by atoms with Crippen LogP contribution in [0.15, 0.2) is 146 Å². The minimum absolute atomic E-state index is 0.0230. The molecule has 4 aromatic carbocycles. The molecule has 0 saturated heterocycles. The predicted molar refractivity (Wildman–Crippen MR) is 203 cm³/mol. The van der Waals surface area contributed by atoms with Crippen LogP contribution >= 0.6 is 0 Å². The summed E-state index contributed by atoms with van der Waals surface area (Å²) >= 11 is 0.0230. The van der Waals surface area contributed by atoms with Crippen molar-refractivity contribution in [2.24, 2.45) is 0 Å². The standard InChI is InChI=1S/C44H29N3Se/c1-5-13-29(14-6-1)41-33-21-22-34(45-33)42(30-15-7-2-8-16-30)36-24-26-38(47-36)44(32-19-11-4-12-20-32)40-28-27-39(48-40)43(31-17-9-3-10-18-31)37-25-23-35(41)46-37/h1-28,45H. The zero-order valence-corrected chi connectivity index (χ0v) is 27.7. The molecule has 8 bridgehead atoms. The molecule has 226 valence electrons. The molecule has 2 aliphatic heterocycles. The third kappa shape index (κ3) is 5.09. The molecule has 7 aromatic rings. The third-order valence-electron chi connectivity index (χ3n) is 8.88. The van der Waals surface area contributed by atoms with Crippen LogP contribution in [0, 0.1) is 0 Å². The Hall–Kier alpha value is -5.80. The van der Waals surface area contributed by atoms with E-state index in [-0.39, 0.29) is 14.5 Å². The number of nitrogens with zero attached hydrogens (tertiary/aromatic N) is 2. The van der Waals surface area contributed by atoms with Crippen molar-refractivity contribution in [3.63, 3.8) is 0 Å². The maximum absolute atomic E-state index is 5.40. The van der Waals surface area contributed by atoms with Crippen molar-refractivity contribution in [1.82, 2.24) is 15.0 Å². The van der Waals surface area contributed by atoms with Crippen molar-refractivity contribution in [3.8, 4) is 44.5 Å². The quantitative estimate of drug-likeness (QED) is 0.188. The topological polar surface area (TPSA) is 41.6 Å². The molecule has 4 heteroatoms. The van der Waals surface area contributed by atoms with E-state index in [0.29, 0.717) is 0 Å². The van der Waals surface area contributed by atoms with Crippen molar-refractivity contribution in [2.75, 3.05) is 0 Å². The Bertz CT molecular complexity index is 2180. The molecule has 1 N–H and O–H groups in total. The summed E-state index contributed by atoms with van der Waals surface area (Å²) in [4.78, 5) is 14.6. The summed E-state index contributed by atoms with van der Waals surface area (Å²) in [5.74, 6) is 0. The van der Waals surface area contributed by atoms with E-state index in [9.17, 15) is 0 Å². The molecule has 0 aliphatic carbocycles. The van der Waals surface area contributed by atoms with Gasteiger partial charge in [-0.2, -0.15) is 0 Å². The summed E-state index contributed by atoms with van der Waals surface area (Å²) in [5, 5.41) is 0. The molecule has 0 radical (unpaired) electrons. The molecular formula is C44H29N3Se. The van der Waals surface area contributed by atoms with Crippen molar-refractivity contribution >= 4 is 58.4 Å². The first-order valence-corrected chi connectivity index (χ1v) is 17.8. The van der Waals surface area contributed by atoms with E-state index < -0.39 is 0 Å². The number of rotatable bonds is 4. The van der Waals surface area contributed by atoms with E-state index in [1.807, 2.05) is 0 Å². The molecule has 2 aliphatic rings. The van der Waals surface area contributed by atoms with E-state index in [1.54, 1.807) is 0 Å². The number of benzene rings is 4. The normalized spacial score (nSPS) is 12.0. The van der Waals surface area contributed by atoms with Crippen LogP contribution in [0.5, 0.6) is 0 Å². The number of hydrogen-bond acceptors (Lipinski definition) is 2. The molecule has 5 heterocycles. The summed E-state index contributed by atoms with van der Waals surface area (Å²) in [5.41, 5.74) is 15.0. The molecule has 0 unspecified atom stereocenters. The second kappa shape index (κ2) is 12.1. The molecule has 3 aromatic heterocycles. The fourth-order valence-corrected chi connectivity index (χ4v) is 9.14. The second-order valence-corrected chi connectivity index (χ2v) is 14.1. The number of hydrogen-bond donors (Lipinski definition) is 1. The van der Waals surface area contributed by atoms with Gasteiger partial charge in [0.2, 0.25) is 0 Å². The van der Waals surface area contributed by atoms with Crippen LogP contribution in [0.1, 0.15) is 22.8 Å². The van der Waals surface area contributed by atoms with Gasteiger partial charge in [0.25, 0.3) is 0 Å². The van der Waals surface area contributed by atoms with E-state index in [0.717, 1.165) is 56.1 Å². The van der Waals surface area contributed by atoms with Gasteiger partial charge >= 0.3 is 286 Å². The summed E-state index contributed by atoms with van der Waals surface area (Å²) < 4.78 is 2.61. The van der Waals surface area contributed by atoms with Gasteiger partial charge < -0.3 is 0 Å². The van der Waals surface area contributed by atoms with E-state index >= 15 is 0 Å². The van der Waals surface area contributed by atoms with E-state index in [1.165, 1.54) is 30.8 Å². The summed E-state index contributed by atoms with van der Waals surface area (Å²) in [7, 11) is 0. The van der Waals surface area contributed by atoms with Crippen LogP contribution in [0.25, 0.3) is 88.4 Å². The number of H-pyrrole nitrogens is 1. The molecule has 9 rings (SSSR count). The Morgan fingerprint density at radius 2 is 0.646 bits per heavy atom. The van der Waals surface area contributed by atoms with Gasteiger partial charge in [0, 0.05) is 0 Å². The van der Waals surface area contributed by atoms with Crippen LogP contribution in [0.2, 0.25) is 0 Å². The van der Waals surface area contributed by atoms with Crippen LogP contribution < -0.4 is 0 Å². The second-order valence-electron chi connectivity index (χ2n) is 11.8. The zero-order chi connectivity index (χ0) is 31.9. The van der Waals surface area contributed by atoms with Crippen LogP contribution in [-0.4, -0.2) is 29.5 Å². The zero-order valence-electron chi connectivity index (χ0n) is 26.0. The molecule has 0 spiro atoms. The maximum atomic E-state index is 5.40. The summed E-state index contributed by atoms with van der Waals surface area (Å²) in [6.07, 6.45) is 8.71. The molecule has 0 fully saturated rings. The van der Waals surface area contributed by atoms with Gasteiger partial charge in [0.1, 0.15) is 0 Å². The summed E-state index contributed by atoms with van der Waals surface area (Å²) in [6, 6.07) is 51.5. The van der Waals surface area contributed by atoms with Crippen molar-refractivity contribution in [2.45, 2.75) is 0 Å². The van der Waals surface area contributed by atoms with Gasteiger partial charge in [0.15, 0.2) is 0 Å². The average molecular weight is 679 g/mol. The molecular weight excluding hydrogens is 649 g/mol. The minimum atomic E-state index is 0.0230. The van der Waals surface area contributed by atoms with Gasteiger partial charge in [-0.25, -0.2) is 0 Å². The number of nitrogens with one attached hydrogen (secondary N) is 1. The predicted octanol–water partition coefficient (Wildman–Crippen LogP) is 11.1.